The molecule has 1 N–H and O–H groups in total. The van der Waals surface area contributed by atoms with E-state index in [1.165, 1.54) is 12.1 Å². The van der Waals surface area contributed by atoms with Crippen LogP contribution in [0.3, 0.4) is 0 Å². The summed E-state index contributed by atoms with van der Waals surface area (Å²) in [5, 5.41) is 11.4. The van der Waals surface area contributed by atoms with Crippen molar-refractivity contribution in [2.24, 2.45) is 5.41 Å². The summed E-state index contributed by atoms with van der Waals surface area (Å²) in [7, 11) is 0. The molecule has 0 aliphatic carbocycles. The Labute approximate surface area is 176 Å². The molecule has 1 aromatic carbocycles. The van der Waals surface area contributed by atoms with Crippen molar-refractivity contribution in [1.29, 1.82) is 0 Å². The third-order valence-electron chi connectivity index (χ3n) is 5.89. The number of ether oxygens (including phenoxy) is 1. The minimum Gasteiger partial charge on any atom is -0.373 e. The number of fused-ring (bicyclic) bond motifs is 1. The van der Waals surface area contributed by atoms with E-state index in [0.29, 0.717) is 31.4 Å². The Morgan fingerprint density at radius 1 is 1.20 bits per heavy atom. The van der Waals surface area contributed by atoms with E-state index in [0.717, 1.165) is 38.0 Å². The number of hydrogen-bond donors (Lipinski definition) is 1. The quantitative estimate of drug-likeness (QED) is 0.835. The smallest absolute Gasteiger partial charge is 0.289 e. The molecule has 1 spiro atoms. The van der Waals surface area contributed by atoms with Gasteiger partial charge in [0.25, 0.3) is 5.91 Å². The lowest BCUT2D eigenvalue weighted by Crippen LogP contribution is -2.45. The summed E-state index contributed by atoms with van der Waals surface area (Å²) in [5.41, 5.74) is 0.740. The molecule has 1 fully saturated rings. The average Bonchev–Trinajstić information content (AvgIpc) is 2.98. The fraction of sp³-hybridized carbons (Fsp3) is 0.591. The molecule has 0 saturated carbocycles. The van der Waals surface area contributed by atoms with Crippen molar-refractivity contribution in [2.75, 3.05) is 19.7 Å². The van der Waals surface area contributed by atoms with Crippen molar-refractivity contribution < 1.29 is 13.9 Å². The van der Waals surface area contributed by atoms with E-state index in [4.69, 9.17) is 4.74 Å². The van der Waals surface area contributed by atoms with Crippen LogP contribution in [0.15, 0.2) is 24.3 Å². The van der Waals surface area contributed by atoms with Gasteiger partial charge in [-0.25, -0.2) is 4.39 Å². The van der Waals surface area contributed by atoms with Gasteiger partial charge in [0.15, 0.2) is 5.82 Å². The first kappa shape index (κ1) is 20.9. The highest BCUT2D eigenvalue weighted by molar-refractivity contribution is 5.91. The Kier molecular flexibility index (Phi) is 5.63. The van der Waals surface area contributed by atoms with Crippen molar-refractivity contribution in [1.82, 2.24) is 25.0 Å². The van der Waals surface area contributed by atoms with E-state index >= 15 is 0 Å². The normalized spacial score (nSPS) is 19.3. The summed E-state index contributed by atoms with van der Waals surface area (Å²) >= 11 is 0. The van der Waals surface area contributed by atoms with Gasteiger partial charge in [-0.3, -0.25) is 9.69 Å². The van der Waals surface area contributed by atoms with E-state index in [1.807, 2.05) is 37.5 Å². The zero-order valence-electron chi connectivity index (χ0n) is 17.9. The standard InChI is InChI=1S/C22H30FN5O2/c1-21(2,3)24-20(29)19-26-25-18-13-30-15-22(14-28(18)19)8-10-27(11-9-22)12-16-4-6-17(23)7-5-16/h4-7H,8-15H2,1-3H3,(H,24,29). The highest BCUT2D eigenvalue weighted by atomic mass is 19.1. The maximum atomic E-state index is 13.1. The molecule has 7 nitrogen and oxygen atoms in total. The molecule has 0 bridgehead atoms. The number of carbonyl (C=O) groups is 1. The SMILES string of the molecule is CC(C)(C)NC(=O)c1nnc2n1CC1(CCN(Cc3ccc(F)cc3)CC1)COC2. The Bertz CT molecular complexity index is 895. The molecule has 1 aromatic heterocycles. The number of piperidine rings is 1. The molecule has 2 aliphatic rings. The maximum absolute atomic E-state index is 13.1. The highest BCUT2D eigenvalue weighted by Crippen LogP contribution is 2.36. The number of likely N-dealkylation sites (tertiary alicyclic amines) is 1. The van der Waals surface area contributed by atoms with E-state index in [1.54, 1.807) is 0 Å². The second-order valence-electron chi connectivity index (χ2n) is 9.63. The molecule has 1 saturated heterocycles. The van der Waals surface area contributed by atoms with Gasteiger partial charge in [-0.2, -0.15) is 0 Å². The molecular weight excluding hydrogens is 385 g/mol. The average molecular weight is 416 g/mol. The molecular formula is C22H30FN5O2. The maximum Gasteiger partial charge on any atom is 0.289 e. The Morgan fingerprint density at radius 3 is 2.57 bits per heavy atom. The van der Waals surface area contributed by atoms with E-state index in [2.05, 4.69) is 20.4 Å². The van der Waals surface area contributed by atoms with Crippen LogP contribution in [-0.4, -0.2) is 50.8 Å². The predicted molar refractivity (Wildman–Crippen MR) is 110 cm³/mol. The number of rotatable bonds is 3. The van der Waals surface area contributed by atoms with E-state index < -0.39 is 0 Å². The van der Waals surface area contributed by atoms with Crippen LogP contribution in [0.1, 0.15) is 55.6 Å². The summed E-state index contributed by atoms with van der Waals surface area (Å²) in [6.45, 7) is 10.2. The molecule has 2 aromatic rings. The van der Waals surface area contributed by atoms with Crippen LogP contribution in [0.4, 0.5) is 4.39 Å². The lowest BCUT2D eigenvalue weighted by molar-refractivity contribution is -0.00571. The molecule has 1 amide bonds. The van der Waals surface area contributed by atoms with Crippen LogP contribution < -0.4 is 5.32 Å². The second-order valence-corrected chi connectivity index (χ2v) is 9.63. The topological polar surface area (TPSA) is 72.3 Å². The Morgan fingerprint density at radius 2 is 1.90 bits per heavy atom. The number of carbonyl (C=O) groups excluding carboxylic acids is 1. The molecule has 3 heterocycles. The van der Waals surface area contributed by atoms with Gasteiger partial charge in [0.05, 0.1) is 6.61 Å². The second kappa shape index (κ2) is 8.07. The number of halogens is 1. The lowest BCUT2D eigenvalue weighted by Gasteiger charge is -2.41. The Hall–Kier alpha value is -2.32. The van der Waals surface area contributed by atoms with E-state index in [-0.39, 0.29) is 22.7 Å². The number of nitrogens with one attached hydrogen (secondary N) is 1. The van der Waals surface area contributed by atoms with Gasteiger partial charge in [-0.1, -0.05) is 12.1 Å². The van der Waals surface area contributed by atoms with Gasteiger partial charge in [-0.05, 0) is 64.4 Å². The van der Waals surface area contributed by atoms with Crippen molar-refractivity contribution in [2.45, 2.75) is 58.8 Å². The third kappa shape index (κ3) is 4.70. The molecule has 8 heteroatoms. The highest BCUT2D eigenvalue weighted by Gasteiger charge is 2.39. The number of benzene rings is 1. The minimum atomic E-state index is -0.339. The summed E-state index contributed by atoms with van der Waals surface area (Å²) in [6, 6.07) is 6.71. The zero-order valence-corrected chi connectivity index (χ0v) is 17.9. The zero-order chi connectivity index (χ0) is 21.4. The first-order valence-corrected chi connectivity index (χ1v) is 10.5. The molecule has 30 heavy (non-hydrogen) atoms. The summed E-state index contributed by atoms with van der Waals surface area (Å²) < 4.78 is 21.1. The van der Waals surface area contributed by atoms with Gasteiger partial charge in [0.1, 0.15) is 12.4 Å². The third-order valence-corrected chi connectivity index (χ3v) is 5.89. The van der Waals surface area contributed by atoms with Gasteiger partial charge in [0.2, 0.25) is 5.82 Å². The number of aromatic nitrogens is 3. The van der Waals surface area contributed by atoms with Crippen LogP contribution in [0, 0.1) is 11.2 Å². The van der Waals surface area contributed by atoms with Crippen molar-refractivity contribution in [3.63, 3.8) is 0 Å². The molecule has 0 radical (unpaired) electrons. The van der Waals surface area contributed by atoms with Crippen molar-refractivity contribution in [3.05, 3.63) is 47.3 Å². The fourth-order valence-corrected chi connectivity index (χ4v) is 4.25. The molecule has 4 rings (SSSR count). The summed E-state index contributed by atoms with van der Waals surface area (Å²) in [6.07, 6.45) is 1.93. The summed E-state index contributed by atoms with van der Waals surface area (Å²) in [4.78, 5) is 15.1. The minimum absolute atomic E-state index is 0.0380. The van der Waals surface area contributed by atoms with Crippen molar-refractivity contribution in [3.8, 4) is 0 Å². The number of nitrogens with zero attached hydrogens (tertiary/aromatic N) is 4. The first-order valence-electron chi connectivity index (χ1n) is 10.5. The predicted octanol–water partition coefficient (Wildman–Crippen LogP) is 2.76. The van der Waals surface area contributed by atoms with Crippen LogP contribution >= 0.6 is 0 Å². The van der Waals surface area contributed by atoms with Crippen LogP contribution in [0.2, 0.25) is 0 Å². The lowest BCUT2D eigenvalue weighted by atomic mass is 9.78. The van der Waals surface area contributed by atoms with Crippen LogP contribution in [0.5, 0.6) is 0 Å². The first-order chi connectivity index (χ1) is 14.2. The van der Waals surface area contributed by atoms with Crippen LogP contribution in [-0.2, 0) is 24.4 Å². The van der Waals surface area contributed by atoms with Gasteiger partial charge < -0.3 is 14.6 Å². The fourth-order valence-electron chi connectivity index (χ4n) is 4.25. The summed E-state index contributed by atoms with van der Waals surface area (Å²) in [5.74, 6) is 0.660. The molecule has 162 valence electrons. The van der Waals surface area contributed by atoms with Crippen LogP contribution in [0.25, 0.3) is 0 Å². The Balaban J connectivity index is 1.45. The van der Waals surface area contributed by atoms with E-state index in [9.17, 15) is 9.18 Å². The molecule has 2 aliphatic heterocycles. The molecule has 0 unspecified atom stereocenters. The monoisotopic (exact) mass is 415 g/mol. The van der Waals surface area contributed by atoms with Gasteiger partial charge in [-0.15, -0.1) is 10.2 Å². The molecule has 0 atom stereocenters. The largest absolute Gasteiger partial charge is 0.373 e. The van der Waals surface area contributed by atoms with Gasteiger partial charge >= 0.3 is 0 Å². The van der Waals surface area contributed by atoms with Crippen molar-refractivity contribution >= 4 is 5.91 Å². The van der Waals surface area contributed by atoms with Gasteiger partial charge in [0, 0.05) is 24.0 Å². The number of amides is 1. The number of hydrogen-bond acceptors (Lipinski definition) is 5.